The van der Waals surface area contributed by atoms with Crippen LogP contribution in [0, 0.1) is 0 Å². The molecule has 2 amide bonds. The van der Waals surface area contributed by atoms with Crippen LogP contribution in [0.15, 0.2) is 67.1 Å². The third-order valence-corrected chi connectivity index (χ3v) is 5.94. The zero-order chi connectivity index (χ0) is 24.0. The highest BCUT2D eigenvalue weighted by molar-refractivity contribution is 6.00. The van der Waals surface area contributed by atoms with Crippen LogP contribution in [-0.2, 0) is 16.6 Å². The number of fused-ring (bicyclic) bond motifs is 1. The summed E-state index contributed by atoms with van der Waals surface area (Å²) in [5.74, 6) is -5.21. The molecule has 174 valence electrons. The molecule has 0 bridgehead atoms. The van der Waals surface area contributed by atoms with Crippen LogP contribution in [0.2, 0.25) is 0 Å². The van der Waals surface area contributed by atoms with E-state index in [9.17, 15) is 18.4 Å². The van der Waals surface area contributed by atoms with Crippen LogP contribution in [0.3, 0.4) is 0 Å². The van der Waals surface area contributed by atoms with Crippen LogP contribution in [0.25, 0.3) is 16.6 Å². The average Bonchev–Trinajstić information content (AvgIpc) is 3.49. The van der Waals surface area contributed by atoms with Gasteiger partial charge in [-0.1, -0.05) is 30.3 Å². The summed E-state index contributed by atoms with van der Waals surface area (Å²) in [4.78, 5) is 26.7. The van der Waals surface area contributed by atoms with Crippen molar-refractivity contribution in [1.82, 2.24) is 24.9 Å². The van der Waals surface area contributed by atoms with Crippen molar-refractivity contribution < 1.29 is 18.4 Å². The fraction of sp³-hybridized carbons (Fsp3) is 0.250. The largest absolute Gasteiger partial charge is 0.345 e. The van der Waals surface area contributed by atoms with E-state index in [-0.39, 0.29) is 12.3 Å². The Labute approximate surface area is 193 Å². The van der Waals surface area contributed by atoms with Crippen molar-refractivity contribution in [1.29, 1.82) is 0 Å². The predicted octanol–water partition coefficient (Wildman–Crippen LogP) is 3.38. The minimum absolute atomic E-state index is 0.0889. The van der Waals surface area contributed by atoms with E-state index in [1.54, 1.807) is 32.7 Å². The Balaban J connectivity index is 1.54. The molecular weight excluding hydrogens is 442 g/mol. The Hall–Kier alpha value is -4.08. The third kappa shape index (κ3) is 3.81. The first-order valence-electron chi connectivity index (χ1n) is 10.7. The SMILES string of the molecule is Cn1cc(-n2ncc3cc(N4C(=O)C[C@H](NC(=O)C(C)(F)F)[C@H]4c4ccccc4)ccc32)cn1. The summed E-state index contributed by atoms with van der Waals surface area (Å²) in [6.45, 7) is 0.544. The number of benzene rings is 2. The highest BCUT2D eigenvalue weighted by Crippen LogP contribution is 2.39. The number of nitrogens with one attached hydrogen (secondary N) is 1. The van der Waals surface area contributed by atoms with E-state index >= 15 is 0 Å². The topological polar surface area (TPSA) is 85.0 Å². The summed E-state index contributed by atoms with van der Waals surface area (Å²) in [5, 5.41) is 11.8. The number of carbonyl (C=O) groups excluding carboxylic acids is 2. The number of alkyl halides is 2. The molecule has 5 rings (SSSR count). The molecule has 1 aliphatic heterocycles. The van der Waals surface area contributed by atoms with Gasteiger partial charge in [-0.3, -0.25) is 14.3 Å². The van der Waals surface area contributed by atoms with E-state index in [4.69, 9.17) is 0 Å². The predicted molar refractivity (Wildman–Crippen MR) is 122 cm³/mol. The van der Waals surface area contributed by atoms with Gasteiger partial charge in [0.2, 0.25) is 5.91 Å². The van der Waals surface area contributed by atoms with Gasteiger partial charge in [-0.2, -0.15) is 19.0 Å². The zero-order valence-corrected chi connectivity index (χ0v) is 18.5. The number of nitrogens with zero attached hydrogens (tertiary/aromatic N) is 5. The van der Waals surface area contributed by atoms with Crippen molar-refractivity contribution >= 4 is 28.4 Å². The molecule has 0 spiro atoms. The maximum absolute atomic E-state index is 13.6. The summed E-state index contributed by atoms with van der Waals surface area (Å²) >= 11 is 0. The molecule has 2 atom stereocenters. The smallest absolute Gasteiger partial charge is 0.321 e. The Morgan fingerprint density at radius 3 is 2.53 bits per heavy atom. The van der Waals surface area contributed by atoms with E-state index in [2.05, 4.69) is 15.5 Å². The number of halogens is 2. The highest BCUT2D eigenvalue weighted by atomic mass is 19.3. The van der Waals surface area contributed by atoms with Crippen molar-refractivity contribution in [2.45, 2.75) is 31.4 Å². The number of rotatable bonds is 5. The fourth-order valence-electron chi connectivity index (χ4n) is 4.39. The second-order valence-electron chi connectivity index (χ2n) is 8.46. The molecule has 8 nitrogen and oxygen atoms in total. The molecule has 1 fully saturated rings. The lowest BCUT2D eigenvalue weighted by molar-refractivity contribution is -0.143. The van der Waals surface area contributed by atoms with Gasteiger partial charge in [-0.25, -0.2) is 4.68 Å². The number of carbonyl (C=O) groups is 2. The number of aryl methyl sites for hydroxylation is 1. The molecule has 4 aromatic rings. The molecule has 2 aromatic carbocycles. The Morgan fingerprint density at radius 1 is 1.09 bits per heavy atom. The van der Waals surface area contributed by atoms with E-state index in [1.807, 2.05) is 55.7 Å². The molecule has 0 saturated carbocycles. The maximum Gasteiger partial charge on any atom is 0.321 e. The summed E-state index contributed by atoms with van der Waals surface area (Å²) < 4.78 is 30.6. The minimum Gasteiger partial charge on any atom is -0.345 e. The molecule has 1 saturated heterocycles. The van der Waals surface area contributed by atoms with Crippen LogP contribution < -0.4 is 10.2 Å². The van der Waals surface area contributed by atoms with Gasteiger partial charge in [-0.05, 0) is 23.8 Å². The van der Waals surface area contributed by atoms with E-state index in [0.717, 1.165) is 22.2 Å². The maximum atomic E-state index is 13.6. The van der Waals surface area contributed by atoms with Crippen molar-refractivity contribution in [3.63, 3.8) is 0 Å². The summed E-state index contributed by atoms with van der Waals surface area (Å²) in [6, 6.07) is 13.1. The first-order chi connectivity index (χ1) is 16.2. The molecule has 1 aliphatic rings. The van der Waals surface area contributed by atoms with Gasteiger partial charge in [-0.15, -0.1) is 0 Å². The normalized spacial score (nSPS) is 18.6. The molecule has 1 N–H and O–H groups in total. The zero-order valence-electron chi connectivity index (χ0n) is 18.5. The van der Waals surface area contributed by atoms with Crippen LogP contribution in [0.5, 0.6) is 0 Å². The minimum atomic E-state index is -3.54. The van der Waals surface area contributed by atoms with Crippen molar-refractivity contribution in [2.75, 3.05) is 4.90 Å². The number of aromatic nitrogens is 4. The van der Waals surface area contributed by atoms with Crippen molar-refractivity contribution in [2.24, 2.45) is 7.05 Å². The van der Waals surface area contributed by atoms with Gasteiger partial charge in [0.15, 0.2) is 0 Å². The van der Waals surface area contributed by atoms with E-state index in [0.29, 0.717) is 12.6 Å². The molecule has 0 unspecified atom stereocenters. The highest BCUT2D eigenvalue weighted by Gasteiger charge is 2.45. The van der Waals surface area contributed by atoms with Gasteiger partial charge >= 0.3 is 5.92 Å². The quantitative estimate of drug-likeness (QED) is 0.491. The van der Waals surface area contributed by atoms with Gasteiger partial charge in [0, 0.05) is 31.5 Å². The Morgan fingerprint density at radius 2 is 1.85 bits per heavy atom. The van der Waals surface area contributed by atoms with Crippen LogP contribution in [0.1, 0.15) is 24.9 Å². The Kier molecular flexibility index (Phi) is 5.15. The van der Waals surface area contributed by atoms with E-state index < -0.39 is 23.9 Å². The number of anilines is 1. The number of hydrogen-bond donors (Lipinski definition) is 1. The van der Waals surface area contributed by atoms with E-state index in [1.165, 1.54) is 0 Å². The molecule has 34 heavy (non-hydrogen) atoms. The Bertz CT molecular complexity index is 1380. The second-order valence-corrected chi connectivity index (χ2v) is 8.46. The second kappa shape index (κ2) is 8.05. The van der Waals surface area contributed by atoms with Gasteiger partial charge < -0.3 is 10.2 Å². The van der Waals surface area contributed by atoms with Gasteiger partial charge in [0.25, 0.3) is 5.91 Å². The lowest BCUT2D eigenvalue weighted by Gasteiger charge is -2.29. The van der Waals surface area contributed by atoms with Crippen molar-refractivity contribution in [3.05, 3.63) is 72.7 Å². The summed E-state index contributed by atoms with van der Waals surface area (Å²) in [5.41, 5.74) is 2.96. The molecule has 10 heteroatoms. The van der Waals surface area contributed by atoms with Gasteiger partial charge in [0.1, 0.15) is 5.69 Å². The molecule has 0 radical (unpaired) electrons. The fourth-order valence-corrected chi connectivity index (χ4v) is 4.39. The monoisotopic (exact) mass is 464 g/mol. The van der Waals surface area contributed by atoms with Crippen LogP contribution in [0.4, 0.5) is 14.5 Å². The summed E-state index contributed by atoms with van der Waals surface area (Å²) in [7, 11) is 1.82. The molecule has 0 aliphatic carbocycles. The molecular formula is C24H22F2N6O2. The average molecular weight is 464 g/mol. The third-order valence-electron chi connectivity index (χ3n) is 5.94. The van der Waals surface area contributed by atoms with Crippen LogP contribution >= 0.6 is 0 Å². The first-order valence-corrected chi connectivity index (χ1v) is 10.7. The standard InChI is InChI=1S/C24H22F2N6O2/c1-24(25,26)23(34)29-19-11-21(33)31(22(19)15-6-4-3-5-7-15)17-8-9-20-16(10-17)12-28-32(20)18-13-27-30(2)14-18/h3-10,12-14,19,22H,11H2,1-2H3,(H,29,34)/t19-,22+/m0/s1. The van der Waals surface area contributed by atoms with Crippen LogP contribution in [-0.4, -0.2) is 43.3 Å². The summed E-state index contributed by atoms with van der Waals surface area (Å²) in [6.07, 6.45) is 5.15. The lowest BCUT2D eigenvalue weighted by Crippen LogP contribution is -2.46. The molecule has 2 aromatic heterocycles. The first kappa shape index (κ1) is 21.7. The molecule has 3 heterocycles. The number of amides is 2. The van der Waals surface area contributed by atoms with Gasteiger partial charge in [0.05, 0.1) is 36.2 Å². The lowest BCUT2D eigenvalue weighted by atomic mass is 9.99. The van der Waals surface area contributed by atoms with Crippen molar-refractivity contribution in [3.8, 4) is 5.69 Å². The number of hydrogen-bond acceptors (Lipinski definition) is 4.